The summed E-state index contributed by atoms with van der Waals surface area (Å²) in [5, 5.41) is 3.96. The van der Waals surface area contributed by atoms with Crippen molar-refractivity contribution in [2.75, 3.05) is 25.4 Å². The van der Waals surface area contributed by atoms with E-state index in [1.54, 1.807) is 14.0 Å². The standard InChI is InChI=1S/C12H23N5O2S/c1-4-17-7-5-10(6-8-17)15-20(18,19)11-9(2)16(3)14-12(11)13/h10,15H,4-8H2,1-3H3,(H2,13,14). The largest absolute Gasteiger partial charge is 0.381 e. The zero-order valence-corrected chi connectivity index (χ0v) is 13.1. The molecule has 1 aromatic rings. The number of hydrogen-bond donors (Lipinski definition) is 2. The van der Waals surface area contributed by atoms with Gasteiger partial charge in [0.1, 0.15) is 4.90 Å². The molecule has 20 heavy (non-hydrogen) atoms. The van der Waals surface area contributed by atoms with Crippen LogP contribution in [0.15, 0.2) is 4.90 Å². The van der Waals surface area contributed by atoms with Gasteiger partial charge < -0.3 is 10.6 Å². The Morgan fingerprint density at radius 2 is 2.00 bits per heavy atom. The smallest absolute Gasteiger partial charge is 0.246 e. The first-order valence-corrected chi connectivity index (χ1v) is 8.37. The van der Waals surface area contributed by atoms with Gasteiger partial charge in [-0.15, -0.1) is 0 Å². The summed E-state index contributed by atoms with van der Waals surface area (Å²) >= 11 is 0. The molecule has 1 saturated heterocycles. The molecule has 0 atom stereocenters. The number of aromatic nitrogens is 2. The average molecular weight is 301 g/mol. The Morgan fingerprint density at radius 3 is 2.45 bits per heavy atom. The van der Waals surface area contributed by atoms with Gasteiger partial charge >= 0.3 is 0 Å². The van der Waals surface area contributed by atoms with Gasteiger partial charge in [-0.3, -0.25) is 4.68 Å². The number of likely N-dealkylation sites (tertiary alicyclic amines) is 1. The van der Waals surface area contributed by atoms with Crippen LogP contribution >= 0.6 is 0 Å². The first kappa shape index (κ1) is 15.3. The van der Waals surface area contributed by atoms with Crippen LogP contribution in [-0.4, -0.2) is 48.8 Å². The Hall–Kier alpha value is -1.12. The van der Waals surface area contributed by atoms with Gasteiger partial charge in [-0.2, -0.15) is 5.10 Å². The molecule has 0 aliphatic carbocycles. The maximum atomic E-state index is 12.4. The fourth-order valence-electron chi connectivity index (χ4n) is 2.59. The van der Waals surface area contributed by atoms with Crippen molar-refractivity contribution in [3.8, 4) is 0 Å². The highest BCUT2D eigenvalue weighted by Gasteiger charge is 2.28. The topological polar surface area (TPSA) is 93.2 Å². The molecule has 0 unspecified atom stereocenters. The maximum Gasteiger partial charge on any atom is 0.246 e. The quantitative estimate of drug-likeness (QED) is 0.821. The van der Waals surface area contributed by atoms with Crippen LogP contribution in [0, 0.1) is 6.92 Å². The van der Waals surface area contributed by atoms with Crippen LogP contribution in [0.3, 0.4) is 0 Å². The Bertz CT molecular complexity index is 573. The van der Waals surface area contributed by atoms with E-state index in [0.717, 1.165) is 32.5 Å². The molecule has 0 spiro atoms. The second kappa shape index (κ2) is 5.71. The van der Waals surface area contributed by atoms with Crippen LogP contribution in [0.5, 0.6) is 0 Å². The number of sulfonamides is 1. The molecule has 1 aliphatic heterocycles. The molecule has 2 rings (SSSR count). The van der Waals surface area contributed by atoms with Crippen LogP contribution in [-0.2, 0) is 17.1 Å². The number of hydrogen-bond acceptors (Lipinski definition) is 5. The van der Waals surface area contributed by atoms with E-state index in [4.69, 9.17) is 5.73 Å². The van der Waals surface area contributed by atoms with E-state index in [2.05, 4.69) is 21.6 Å². The molecule has 8 heteroatoms. The number of piperidine rings is 1. The van der Waals surface area contributed by atoms with Crippen molar-refractivity contribution in [1.82, 2.24) is 19.4 Å². The number of rotatable bonds is 4. The van der Waals surface area contributed by atoms with Gasteiger partial charge in [-0.1, -0.05) is 6.92 Å². The number of nitrogens with one attached hydrogen (secondary N) is 1. The number of nitrogens with two attached hydrogens (primary N) is 1. The van der Waals surface area contributed by atoms with Crippen molar-refractivity contribution in [2.45, 2.75) is 37.6 Å². The van der Waals surface area contributed by atoms with Gasteiger partial charge in [0.15, 0.2) is 5.82 Å². The van der Waals surface area contributed by atoms with Crippen molar-refractivity contribution in [2.24, 2.45) is 7.05 Å². The first-order valence-electron chi connectivity index (χ1n) is 6.89. The van der Waals surface area contributed by atoms with Gasteiger partial charge in [0.05, 0.1) is 5.69 Å². The first-order chi connectivity index (χ1) is 9.35. The van der Waals surface area contributed by atoms with E-state index in [1.807, 2.05) is 0 Å². The molecule has 7 nitrogen and oxygen atoms in total. The Kier molecular flexibility index (Phi) is 4.36. The van der Waals surface area contributed by atoms with Crippen molar-refractivity contribution in [1.29, 1.82) is 0 Å². The zero-order chi connectivity index (χ0) is 14.9. The molecular formula is C12H23N5O2S. The van der Waals surface area contributed by atoms with Gasteiger partial charge in [-0.05, 0) is 39.4 Å². The van der Waals surface area contributed by atoms with Crippen molar-refractivity contribution in [3.05, 3.63) is 5.69 Å². The van der Waals surface area contributed by atoms with E-state index >= 15 is 0 Å². The fourth-order valence-corrected chi connectivity index (χ4v) is 4.22. The van der Waals surface area contributed by atoms with Crippen LogP contribution in [0.25, 0.3) is 0 Å². The highest BCUT2D eigenvalue weighted by atomic mass is 32.2. The minimum absolute atomic E-state index is 0.0261. The highest BCUT2D eigenvalue weighted by Crippen LogP contribution is 2.22. The zero-order valence-electron chi connectivity index (χ0n) is 12.3. The average Bonchev–Trinajstić information content (AvgIpc) is 2.64. The van der Waals surface area contributed by atoms with Crippen molar-refractivity contribution >= 4 is 15.8 Å². The monoisotopic (exact) mass is 301 g/mol. The summed E-state index contributed by atoms with van der Waals surface area (Å²) < 4.78 is 29.1. The lowest BCUT2D eigenvalue weighted by Crippen LogP contribution is -2.44. The van der Waals surface area contributed by atoms with Gasteiger partial charge in [0.25, 0.3) is 0 Å². The molecule has 114 valence electrons. The lowest BCUT2D eigenvalue weighted by molar-refractivity contribution is 0.217. The third kappa shape index (κ3) is 2.97. The Labute approximate surface area is 120 Å². The van der Waals surface area contributed by atoms with Crippen LogP contribution < -0.4 is 10.5 Å². The molecule has 0 bridgehead atoms. The number of aryl methyl sites for hydroxylation is 1. The lowest BCUT2D eigenvalue weighted by atomic mass is 10.1. The Morgan fingerprint density at radius 1 is 1.40 bits per heavy atom. The lowest BCUT2D eigenvalue weighted by Gasteiger charge is -2.31. The number of anilines is 1. The van der Waals surface area contributed by atoms with E-state index in [0.29, 0.717) is 5.69 Å². The minimum atomic E-state index is -3.60. The third-order valence-electron chi connectivity index (χ3n) is 3.93. The van der Waals surface area contributed by atoms with E-state index in [-0.39, 0.29) is 16.8 Å². The molecule has 1 aromatic heterocycles. The fraction of sp³-hybridized carbons (Fsp3) is 0.750. The predicted molar refractivity (Wildman–Crippen MR) is 77.8 cm³/mol. The third-order valence-corrected chi connectivity index (χ3v) is 5.62. The Balaban J connectivity index is 2.12. The second-order valence-corrected chi connectivity index (χ2v) is 6.90. The molecule has 0 aromatic carbocycles. The maximum absolute atomic E-state index is 12.4. The van der Waals surface area contributed by atoms with Gasteiger partial charge in [0, 0.05) is 13.1 Å². The van der Waals surface area contributed by atoms with Crippen molar-refractivity contribution in [3.63, 3.8) is 0 Å². The molecule has 1 aliphatic rings. The summed E-state index contributed by atoms with van der Waals surface area (Å²) in [7, 11) is -1.92. The second-order valence-electron chi connectivity index (χ2n) is 5.25. The molecule has 3 N–H and O–H groups in total. The summed E-state index contributed by atoms with van der Waals surface area (Å²) in [5.41, 5.74) is 6.27. The SMILES string of the molecule is CCN1CCC(NS(=O)(=O)c2c(N)nn(C)c2C)CC1. The molecule has 0 saturated carbocycles. The number of nitrogens with zero attached hydrogens (tertiary/aromatic N) is 3. The molecule has 0 amide bonds. The normalized spacial score (nSPS) is 18.6. The molecule has 0 radical (unpaired) electrons. The van der Waals surface area contributed by atoms with Crippen LogP contribution in [0.4, 0.5) is 5.82 Å². The summed E-state index contributed by atoms with van der Waals surface area (Å²) in [6.07, 6.45) is 1.65. The van der Waals surface area contributed by atoms with Crippen molar-refractivity contribution < 1.29 is 8.42 Å². The van der Waals surface area contributed by atoms with E-state index < -0.39 is 10.0 Å². The van der Waals surface area contributed by atoms with Gasteiger partial charge in [-0.25, -0.2) is 13.1 Å². The number of nitrogen functional groups attached to an aromatic ring is 1. The summed E-state index contributed by atoms with van der Waals surface area (Å²) in [4.78, 5) is 2.42. The molecular weight excluding hydrogens is 278 g/mol. The van der Waals surface area contributed by atoms with E-state index in [1.165, 1.54) is 4.68 Å². The van der Waals surface area contributed by atoms with Crippen LogP contribution in [0.1, 0.15) is 25.5 Å². The predicted octanol–water partition coefficient (Wildman–Crippen LogP) is 0.0733. The summed E-state index contributed by atoms with van der Waals surface area (Å²) in [6.45, 7) is 6.67. The minimum Gasteiger partial charge on any atom is -0.381 e. The summed E-state index contributed by atoms with van der Waals surface area (Å²) in [6, 6.07) is -0.0261. The molecule has 2 heterocycles. The van der Waals surface area contributed by atoms with Crippen LogP contribution in [0.2, 0.25) is 0 Å². The van der Waals surface area contributed by atoms with Gasteiger partial charge in [0.2, 0.25) is 10.0 Å². The van der Waals surface area contributed by atoms with E-state index in [9.17, 15) is 8.42 Å². The summed E-state index contributed by atoms with van der Waals surface area (Å²) in [5.74, 6) is 0.0588. The molecule has 1 fully saturated rings. The highest BCUT2D eigenvalue weighted by molar-refractivity contribution is 7.89.